The average molecular weight is 497 g/mol. The number of nitrogens with zero attached hydrogens (tertiary/aromatic N) is 1. The number of nitrogens with two attached hydrogens (primary N) is 1. The Morgan fingerprint density at radius 1 is 0.917 bits per heavy atom. The van der Waals surface area contributed by atoms with E-state index in [1.165, 1.54) is 36.8 Å². The molecule has 5 nitrogen and oxygen atoms in total. The zero-order valence-electron chi connectivity index (χ0n) is 23.3. The summed E-state index contributed by atoms with van der Waals surface area (Å²) in [5.41, 5.74) is 10.0. The van der Waals surface area contributed by atoms with Crippen molar-refractivity contribution in [1.29, 1.82) is 0 Å². The van der Waals surface area contributed by atoms with Crippen LogP contribution in [0.3, 0.4) is 0 Å². The molecular weight excluding hydrogens is 448 g/mol. The van der Waals surface area contributed by atoms with Crippen LogP contribution >= 0.6 is 0 Å². The van der Waals surface area contributed by atoms with Gasteiger partial charge >= 0.3 is 0 Å². The lowest BCUT2D eigenvalue weighted by Gasteiger charge is -2.19. The molecule has 0 atom stereocenters. The number of hydrogen-bond donors (Lipinski definition) is 1. The summed E-state index contributed by atoms with van der Waals surface area (Å²) >= 11 is 0. The molecule has 0 radical (unpaired) electrons. The standard InChI is InChI=1S/C31H48N2O3/c1-6-8-10-11-12-13-20-33-28-23-26(32)17-18-27(28)29(35-21-9-7-2)30(31(33)34)36-22-19-25(5)16-14-15-24(3)4/h15,17-19,23H,6-14,16,20-22,32H2,1-5H3/b25-19+. The molecule has 2 rings (SSSR count). The first-order valence-corrected chi connectivity index (χ1v) is 13.9. The van der Waals surface area contributed by atoms with Crippen molar-refractivity contribution in [3.05, 3.63) is 51.9 Å². The van der Waals surface area contributed by atoms with Gasteiger partial charge in [0.05, 0.1) is 12.1 Å². The highest BCUT2D eigenvalue weighted by molar-refractivity contribution is 5.90. The van der Waals surface area contributed by atoms with E-state index >= 15 is 0 Å². The highest BCUT2D eigenvalue weighted by Gasteiger charge is 2.20. The largest absolute Gasteiger partial charge is 0.489 e. The Kier molecular flexibility index (Phi) is 13.2. The monoisotopic (exact) mass is 496 g/mol. The minimum Gasteiger partial charge on any atom is -0.489 e. The van der Waals surface area contributed by atoms with Crippen LogP contribution in [0, 0.1) is 0 Å². The van der Waals surface area contributed by atoms with Gasteiger partial charge in [-0.05, 0) is 70.7 Å². The minimum absolute atomic E-state index is 0.135. The van der Waals surface area contributed by atoms with E-state index in [-0.39, 0.29) is 5.56 Å². The number of benzene rings is 1. The molecule has 2 N–H and O–H groups in total. The molecule has 0 aliphatic rings. The van der Waals surface area contributed by atoms with E-state index in [1.807, 2.05) is 22.8 Å². The van der Waals surface area contributed by atoms with E-state index in [4.69, 9.17) is 15.2 Å². The van der Waals surface area contributed by atoms with Crippen molar-refractivity contribution in [3.8, 4) is 11.5 Å². The molecule has 36 heavy (non-hydrogen) atoms. The van der Waals surface area contributed by atoms with Crippen molar-refractivity contribution >= 4 is 16.6 Å². The lowest BCUT2D eigenvalue weighted by molar-refractivity contribution is 0.278. The molecule has 1 heterocycles. The third-order valence-corrected chi connectivity index (χ3v) is 6.43. The Bertz CT molecular complexity index is 1060. The van der Waals surface area contributed by atoms with Crippen LogP contribution in [-0.2, 0) is 6.54 Å². The Morgan fingerprint density at radius 3 is 2.36 bits per heavy atom. The van der Waals surface area contributed by atoms with Crippen LogP contribution in [0.1, 0.15) is 98.8 Å². The number of allylic oxidation sites excluding steroid dienone is 3. The van der Waals surface area contributed by atoms with E-state index < -0.39 is 0 Å². The lowest BCUT2D eigenvalue weighted by atomic mass is 10.1. The number of fused-ring (bicyclic) bond motifs is 1. The van der Waals surface area contributed by atoms with Gasteiger partial charge in [0.1, 0.15) is 6.61 Å². The van der Waals surface area contributed by atoms with E-state index in [9.17, 15) is 4.79 Å². The van der Waals surface area contributed by atoms with Gasteiger partial charge in [-0.15, -0.1) is 0 Å². The molecule has 0 aliphatic heterocycles. The van der Waals surface area contributed by atoms with Crippen molar-refractivity contribution in [2.24, 2.45) is 0 Å². The molecule has 5 heteroatoms. The first kappa shape index (κ1) is 29.5. The maximum atomic E-state index is 13.7. The zero-order chi connectivity index (χ0) is 26.3. The maximum absolute atomic E-state index is 13.7. The summed E-state index contributed by atoms with van der Waals surface area (Å²) in [5, 5.41) is 0.880. The summed E-state index contributed by atoms with van der Waals surface area (Å²) in [4.78, 5) is 13.7. The van der Waals surface area contributed by atoms with Gasteiger partial charge < -0.3 is 19.8 Å². The quantitative estimate of drug-likeness (QED) is 0.136. The van der Waals surface area contributed by atoms with Gasteiger partial charge in [0, 0.05) is 17.6 Å². The van der Waals surface area contributed by atoms with E-state index in [1.54, 1.807) is 0 Å². The molecule has 200 valence electrons. The molecular formula is C31H48N2O3. The number of unbranched alkanes of at least 4 members (excludes halogenated alkanes) is 6. The minimum atomic E-state index is -0.135. The smallest absolute Gasteiger partial charge is 0.297 e. The fourth-order valence-electron chi connectivity index (χ4n) is 4.23. The summed E-state index contributed by atoms with van der Waals surface area (Å²) in [6.07, 6.45) is 15.2. The molecule has 0 saturated carbocycles. The van der Waals surface area contributed by atoms with E-state index in [0.717, 1.165) is 49.4 Å². The number of pyridine rings is 1. The molecule has 0 saturated heterocycles. The number of hydrogen-bond acceptors (Lipinski definition) is 4. The number of rotatable bonds is 17. The average Bonchev–Trinajstić information content (AvgIpc) is 2.84. The summed E-state index contributed by atoms with van der Waals surface area (Å²) in [6, 6.07) is 5.71. The van der Waals surface area contributed by atoms with Crippen molar-refractivity contribution in [2.75, 3.05) is 18.9 Å². The van der Waals surface area contributed by atoms with Gasteiger partial charge in [0.15, 0.2) is 5.75 Å². The van der Waals surface area contributed by atoms with Gasteiger partial charge in [-0.3, -0.25) is 4.79 Å². The van der Waals surface area contributed by atoms with Gasteiger partial charge in [-0.1, -0.05) is 69.6 Å². The first-order chi connectivity index (χ1) is 17.4. The molecule has 0 aliphatic carbocycles. The fourth-order valence-corrected chi connectivity index (χ4v) is 4.23. The second-order valence-corrected chi connectivity index (χ2v) is 10.0. The highest BCUT2D eigenvalue weighted by Crippen LogP contribution is 2.34. The Morgan fingerprint density at radius 2 is 1.64 bits per heavy atom. The van der Waals surface area contributed by atoms with Crippen molar-refractivity contribution in [1.82, 2.24) is 4.57 Å². The van der Waals surface area contributed by atoms with Gasteiger partial charge in [0.25, 0.3) is 5.56 Å². The second kappa shape index (κ2) is 16.1. The number of aryl methyl sites for hydroxylation is 1. The first-order valence-electron chi connectivity index (χ1n) is 13.9. The van der Waals surface area contributed by atoms with Gasteiger partial charge in [0.2, 0.25) is 5.75 Å². The Balaban J connectivity index is 2.35. The summed E-state index contributed by atoms with van der Waals surface area (Å²) in [5.74, 6) is 0.848. The third kappa shape index (κ3) is 9.40. The Labute approximate surface area is 218 Å². The van der Waals surface area contributed by atoms with Crippen LogP contribution in [0.15, 0.2) is 46.3 Å². The van der Waals surface area contributed by atoms with Crippen LogP contribution in [-0.4, -0.2) is 17.8 Å². The SMILES string of the molecule is CCCCCCCCn1c(=O)c(OC/C=C(\C)CCC=C(C)C)c(OCCCC)c2ccc(N)cc21. The third-order valence-electron chi connectivity index (χ3n) is 6.43. The molecule has 1 aromatic carbocycles. The molecule has 1 aromatic heterocycles. The zero-order valence-corrected chi connectivity index (χ0v) is 23.3. The van der Waals surface area contributed by atoms with Crippen molar-refractivity contribution in [2.45, 2.75) is 105 Å². The van der Waals surface area contributed by atoms with Crippen LogP contribution < -0.4 is 20.8 Å². The molecule has 0 fully saturated rings. The normalized spacial score (nSPS) is 11.6. The number of aromatic nitrogens is 1. The number of ether oxygens (including phenoxy) is 2. The van der Waals surface area contributed by atoms with Crippen LogP contribution in [0.5, 0.6) is 11.5 Å². The van der Waals surface area contributed by atoms with E-state index in [0.29, 0.717) is 36.9 Å². The van der Waals surface area contributed by atoms with Crippen LogP contribution in [0.4, 0.5) is 5.69 Å². The molecule has 0 bridgehead atoms. The van der Waals surface area contributed by atoms with E-state index in [2.05, 4.69) is 46.8 Å². The molecule has 0 unspecified atom stereocenters. The predicted molar refractivity (Wildman–Crippen MR) is 154 cm³/mol. The van der Waals surface area contributed by atoms with Crippen molar-refractivity contribution in [3.63, 3.8) is 0 Å². The van der Waals surface area contributed by atoms with Gasteiger partial charge in [-0.25, -0.2) is 0 Å². The summed E-state index contributed by atoms with van der Waals surface area (Å²) in [6.45, 7) is 12.2. The molecule has 0 spiro atoms. The van der Waals surface area contributed by atoms with Crippen LogP contribution in [0.25, 0.3) is 10.9 Å². The number of anilines is 1. The molecule has 2 aromatic rings. The summed E-state index contributed by atoms with van der Waals surface area (Å²) < 4.78 is 14.2. The topological polar surface area (TPSA) is 66.5 Å². The number of nitrogen functional groups attached to an aromatic ring is 1. The second-order valence-electron chi connectivity index (χ2n) is 10.0. The predicted octanol–water partition coefficient (Wildman–Crippen LogP) is 8.19. The van der Waals surface area contributed by atoms with Crippen LogP contribution in [0.2, 0.25) is 0 Å². The Hall–Kier alpha value is -2.69. The van der Waals surface area contributed by atoms with Gasteiger partial charge in [-0.2, -0.15) is 0 Å². The lowest BCUT2D eigenvalue weighted by Crippen LogP contribution is -2.24. The fraction of sp³-hybridized carbons (Fsp3) is 0.581. The summed E-state index contributed by atoms with van der Waals surface area (Å²) in [7, 11) is 0. The maximum Gasteiger partial charge on any atom is 0.297 e. The highest BCUT2D eigenvalue weighted by atomic mass is 16.5. The van der Waals surface area contributed by atoms with Crippen molar-refractivity contribution < 1.29 is 9.47 Å². The molecule has 0 amide bonds.